The smallest absolute Gasteiger partial charge is 0.315 e. The third kappa shape index (κ3) is 4.70. The van der Waals surface area contributed by atoms with Crippen molar-refractivity contribution in [1.29, 1.82) is 0 Å². The molecule has 0 unspecified atom stereocenters. The van der Waals surface area contributed by atoms with Gasteiger partial charge in [0.1, 0.15) is 0 Å². The van der Waals surface area contributed by atoms with E-state index < -0.39 is 0 Å². The third-order valence-corrected chi connectivity index (χ3v) is 2.46. The van der Waals surface area contributed by atoms with E-state index in [9.17, 15) is 4.79 Å². The molecule has 0 saturated carbocycles. The standard InChI is InChI=1S/C11H21N5O2/c1-4-6-12-7-9-14-15-11(18-9)13-8-10(17)16(3)5-2/h12H,4-8H2,1-3H3,(H,13,15). The van der Waals surface area contributed by atoms with Crippen molar-refractivity contribution >= 4 is 11.9 Å². The molecule has 0 saturated heterocycles. The largest absolute Gasteiger partial charge is 0.407 e. The van der Waals surface area contributed by atoms with Gasteiger partial charge in [-0.2, -0.15) is 0 Å². The second-order valence-corrected chi connectivity index (χ2v) is 3.94. The Morgan fingerprint density at radius 1 is 1.39 bits per heavy atom. The molecular formula is C11H21N5O2. The second kappa shape index (κ2) is 7.65. The number of nitrogens with zero attached hydrogens (tertiary/aromatic N) is 3. The second-order valence-electron chi connectivity index (χ2n) is 3.94. The van der Waals surface area contributed by atoms with E-state index in [0.717, 1.165) is 13.0 Å². The van der Waals surface area contributed by atoms with Gasteiger partial charge in [-0.3, -0.25) is 4.79 Å². The number of aromatic nitrogens is 2. The van der Waals surface area contributed by atoms with Gasteiger partial charge in [0.2, 0.25) is 11.8 Å². The molecule has 1 aromatic rings. The molecule has 0 fully saturated rings. The highest BCUT2D eigenvalue weighted by atomic mass is 16.4. The third-order valence-electron chi connectivity index (χ3n) is 2.46. The summed E-state index contributed by atoms with van der Waals surface area (Å²) in [5, 5.41) is 13.6. The number of amides is 1. The molecule has 0 bridgehead atoms. The Balaban J connectivity index is 2.33. The summed E-state index contributed by atoms with van der Waals surface area (Å²) in [5.74, 6) is 0.503. The van der Waals surface area contributed by atoms with Crippen LogP contribution in [-0.2, 0) is 11.3 Å². The minimum absolute atomic E-state index is 0.0126. The Hall–Kier alpha value is -1.63. The molecule has 0 aliphatic carbocycles. The summed E-state index contributed by atoms with van der Waals surface area (Å²) in [4.78, 5) is 13.1. The fourth-order valence-electron chi connectivity index (χ4n) is 1.23. The van der Waals surface area contributed by atoms with Crippen molar-refractivity contribution in [2.75, 3.05) is 32.0 Å². The van der Waals surface area contributed by atoms with E-state index in [1.165, 1.54) is 0 Å². The molecule has 7 nitrogen and oxygen atoms in total. The molecular weight excluding hydrogens is 234 g/mol. The van der Waals surface area contributed by atoms with Crippen LogP contribution in [-0.4, -0.2) is 47.7 Å². The van der Waals surface area contributed by atoms with E-state index in [1.807, 2.05) is 6.92 Å². The van der Waals surface area contributed by atoms with Crippen LogP contribution in [0.1, 0.15) is 26.2 Å². The molecule has 0 aromatic carbocycles. The van der Waals surface area contributed by atoms with Crippen LogP contribution < -0.4 is 10.6 Å². The molecule has 7 heteroatoms. The summed E-state index contributed by atoms with van der Waals surface area (Å²) in [7, 11) is 1.75. The number of likely N-dealkylation sites (N-methyl/N-ethyl adjacent to an activating group) is 1. The highest BCUT2D eigenvalue weighted by Crippen LogP contribution is 2.04. The van der Waals surface area contributed by atoms with Crippen LogP contribution in [0.5, 0.6) is 0 Å². The lowest BCUT2D eigenvalue weighted by Gasteiger charge is -2.13. The highest BCUT2D eigenvalue weighted by Gasteiger charge is 2.09. The first kappa shape index (κ1) is 14.4. The number of anilines is 1. The number of rotatable bonds is 8. The van der Waals surface area contributed by atoms with Crippen LogP contribution in [0.3, 0.4) is 0 Å². The first-order chi connectivity index (χ1) is 8.67. The first-order valence-corrected chi connectivity index (χ1v) is 6.18. The predicted molar refractivity (Wildman–Crippen MR) is 68.1 cm³/mol. The normalized spacial score (nSPS) is 10.4. The van der Waals surface area contributed by atoms with Crippen LogP contribution in [0.15, 0.2) is 4.42 Å². The zero-order valence-electron chi connectivity index (χ0n) is 11.2. The van der Waals surface area contributed by atoms with Gasteiger partial charge in [-0.15, -0.1) is 5.10 Å². The van der Waals surface area contributed by atoms with Gasteiger partial charge in [0, 0.05) is 13.6 Å². The van der Waals surface area contributed by atoms with Gasteiger partial charge in [-0.25, -0.2) is 0 Å². The summed E-state index contributed by atoms with van der Waals surface area (Å²) in [6, 6.07) is 0.279. The Morgan fingerprint density at radius 2 is 2.17 bits per heavy atom. The SMILES string of the molecule is CCCNCc1nnc(NCC(=O)N(C)CC)o1. The van der Waals surface area contributed by atoms with Crippen molar-refractivity contribution < 1.29 is 9.21 Å². The van der Waals surface area contributed by atoms with Gasteiger partial charge < -0.3 is 20.0 Å². The summed E-state index contributed by atoms with van der Waals surface area (Å²) in [6.07, 6.45) is 1.05. The minimum atomic E-state index is -0.0126. The topological polar surface area (TPSA) is 83.3 Å². The lowest BCUT2D eigenvalue weighted by Crippen LogP contribution is -2.31. The van der Waals surface area contributed by atoms with Crippen LogP contribution >= 0.6 is 0 Å². The zero-order valence-corrected chi connectivity index (χ0v) is 11.2. The molecule has 1 amide bonds. The van der Waals surface area contributed by atoms with E-state index in [2.05, 4.69) is 27.8 Å². The molecule has 102 valence electrons. The van der Waals surface area contributed by atoms with Crippen molar-refractivity contribution in [3.8, 4) is 0 Å². The number of carbonyl (C=O) groups is 1. The van der Waals surface area contributed by atoms with Crippen LogP contribution in [0.4, 0.5) is 6.01 Å². The Kier molecular flexibility index (Phi) is 6.13. The van der Waals surface area contributed by atoms with E-state index in [0.29, 0.717) is 19.0 Å². The molecule has 0 aliphatic rings. The first-order valence-electron chi connectivity index (χ1n) is 6.18. The van der Waals surface area contributed by atoms with Crippen LogP contribution in [0.25, 0.3) is 0 Å². The zero-order chi connectivity index (χ0) is 13.4. The van der Waals surface area contributed by atoms with Crippen molar-refractivity contribution in [1.82, 2.24) is 20.4 Å². The van der Waals surface area contributed by atoms with E-state index in [-0.39, 0.29) is 18.5 Å². The maximum atomic E-state index is 11.5. The lowest BCUT2D eigenvalue weighted by molar-refractivity contribution is -0.127. The quantitative estimate of drug-likeness (QED) is 0.657. The average molecular weight is 255 g/mol. The molecule has 1 rings (SSSR count). The molecule has 0 aliphatic heterocycles. The maximum Gasteiger partial charge on any atom is 0.315 e. The number of hydrogen-bond acceptors (Lipinski definition) is 6. The monoisotopic (exact) mass is 255 g/mol. The predicted octanol–water partition coefficient (Wildman–Crippen LogP) is 0.459. The Morgan fingerprint density at radius 3 is 2.83 bits per heavy atom. The summed E-state index contributed by atoms with van der Waals surface area (Å²) in [5.41, 5.74) is 0. The van der Waals surface area contributed by atoms with Gasteiger partial charge in [-0.1, -0.05) is 12.0 Å². The number of hydrogen-bond donors (Lipinski definition) is 2. The van der Waals surface area contributed by atoms with E-state index >= 15 is 0 Å². The van der Waals surface area contributed by atoms with Crippen LogP contribution in [0.2, 0.25) is 0 Å². The minimum Gasteiger partial charge on any atom is -0.407 e. The van der Waals surface area contributed by atoms with Gasteiger partial charge in [0.25, 0.3) is 0 Å². The molecule has 0 atom stereocenters. The fraction of sp³-hybridized carbons (Fsp3) is 0.727. The van der Waals surface area contributed by atoms with Crippen molar-refractivity contribution in [2.24, 2.45) is 0 Å². The highest BCUT2D eigenvalue weighted by molar-refractivity contribution is 5.79. The molecule has 0 radical (unpaired) electrons. The summed E-state index contributed by atoms with van der Waals surface area (Å²) >= 11 is 0. The number of nitrogens with one attached hydrogen (secondary N) is 2. The van der Waals surface area contributed by atoms with Crippen molar-refractivity contribution in [2.45, 2.75) is 26.8 Å². The number of carbonyl (C=O) groups excluding carboxylic acids is 1. The van der Waals surface area contributed by atoms with Gasteiger partial charge in [0.15, 0.2) is 0 Å². The lowest BCUT2D eigenvalue weighted by atomic mass is 10.5. The fourth-order valence-corrected chi connectivity index (χ4v) is 1.23. The Labute approximate surface area is 107 Å². The van der Waals surface area contributed by atoms with Gasteiger partial charge in [0.05, 0.1) is 13.1 Å². The van der Waals surface area contributed by atoms with Crippen molar-refractivity contribution in [3.05, 3.63) is 5.89 Å². The van der Waals surface area contributed by atoms with Gasteiger partial charge >= 0.3 is 6.01 Å². The molecule has 0 spiro atoms. The molecule has 1 heterocycles. The van der Waals surface area contributed by atoms with Crippen molar-refractivity contribution in [3.63, 3.8) is 0 Å². The maximum absolute atomic E-state index is 11.5. The van der Waals surface area contributed by atoms with Crippen LogP contribution in [0, 0.1) is 0 Å². The van der Waals surface area contributed by atoms with E-state index in [1.54, 1.807) is 11.9 Å². The molecule has 1 aromatic heterocycles. The summed E-state index contributed by atoms with van der Waals surface area (Å²) in [6.45, 7) is 6.30. The van der Waals surface area contributed by atoms with E-state index in [4.69, 9.17) is 4.42 Å². The summed E-state index contributed by atoms with van der Waals surface area (Å²) < 4.78 is 5.33. The molecule has 2 N–H and O–H groups in total. The average Bonchev–Trinajstić information content (AvgIpc) is 2.83. The Bertz CT molecular complexity index is 366. The molecule has 18 heavy (non-hydrogen) atoms. The van der Waals surface area contributed by atoms with Gasteiger partial charge in [-0.05, 0) is 19.9 Å².